The smallest absolute Gasteiger partial charge is 0.343 e. The van der Waals surface area contributed by atoms with E-state index in [1.54, 1.807) is 18.3 Å². The number of aromatic nitrogens is 2. The zero-order valence-electron chi connectivity index (χ0n) is 16.3. The van der Waals surface area contributed by atoms with E-state index < -0.39 is 5.97 Å². The Labute approximate surface area is 173 Å². The lowest BCUT2D eigenvalue weighted by atomic mass is 10.2. The molecule has 0 amide bonds. The van der Waals surface area contributed by atoms with Crippen LogP contribution in [-0.2, 0) is 16.1 Å². The van der Waals surface area contributed by atoms with Gasteiger partial charge in [0.15, 0.2) is 18.1 Å². The molecule has 0 spiro atoms. The van der Waals surface area contributed by atoms with Crippen molar-refractivity contribution in [1.82, 2.24) is 9.55 Å². The van der Waals surface area contributed by atoms with Crippen LogP contribution in [0.4, 0.5) is 5.95 Å². The zero-order chi connectivity index (χ0) is 20.8. The van der Waals surface area contributed by atoms with Gasteiger partial charge in [0.1, 0.15) is 0 Å². The number of nitrogens with one attached hydrogen (secondary N) is 1. The Kier molecular flexibility index (Phi) is 6.56. The molecule has 0 aliphatic rings. The Hall–Kier alpha value is -3.26. The van der Waals surface area contributed by atoms with Gasteiger partial charge in [0.2, 0.25) is 5.95 Å². The first-order valence-electron chi connectivity index (χ1n) is 8.88. The summed E-state index contributed by atoms with van der Waals surface area (Å²) in [6.45, 7) is 2.53. The largest absolute Gasteiger partial charge is 0.493 e. The Bertz CT molecular complexity index is 1050. The number of para-hydroxylation sites is 2. The Morgan fingerprint density at radius 1 is 1.31 bits per heavy atom. The lowest BCUT2D eigenvalue weighted by Gasteiger charge is -2.12. The molecule has 0 unspecified atom stereocenters. The van der Waals surface area contributed by atoms with E-state index in [2.05, 4.69) is 20.2 Å². The fourth-order valence-electron chi connectivity index (χ4n) is 2.79. The monoisotopic (exact) mass is 416 g/mol. The van der Waals surface area contributed by atoms with E-state index in [0.717, 1.165) is 17.6 Å². The van der Waals surface area contributed by atoms with Crippen molar-refractivity contribution in [2.45, 2.75) is 13.5 Å². The van der Waals surface area contributed by atoms with Crippen molar-refractivity contribution in [3.8, 4) is 11.5 Å². The number of anilines is 1. The standard InChI is InChI=1S/C20H21ClN4O4/c1-4-25-16-8-6-5-7-15(16)23-20(25)24-22-11-13-9-14(21)19(17(10-13)27-2)29-12-18(26)28-3/h5-11H,4,12H2,1-3H3,(H,23,24)/b22-11-. The Morgan fingerprint density at radius 3 is 2.83 bits per heavy atom. The van der Waals surface area contributed by atoms with Crippen molar-refractivity contribution in [3.63, 3.8) is 0 Å². The molecule has 0 aliphatic heterocycles. The summed E-state index contributed by atoms with van der Waals surface area (Å²) in [5, 5.41) is 4.55. The summed E-state index contributed by atoms with van der Waals surface area (Å²) in [5.74, 6) is 0.763. The maximum atomic E-state index is 11.3. The van der Waals surface area contributed by atoms with Gasteiger partial charge in [-0.05, 0) is 36.8 Å². The molecule has 3 rings (SSSR count). The molecule has 0 fully saturated rings. The van der Waals surface area contributed by atoms with E-state index >= 15 is 0 Å². The van der Waals surface area contributed by atoms with Crippen LogP contribution in [0.3, 0.4) is 0 Å². The van der Waals surface area contributed by atoms with Crippen LogP contribution in [0.25, 0.3) is 11.0 Å². The third-order valence-electron chi connectivity index (χ3n) is 4.16. The number of nitrogens with zero attached hydrogens (tertiary/aromatic N) is 3. The molecule has 2 aromatic carbocycles. The van der Waals surface area contributed by atoms with Gasteiger partial charge in [-0.15, -0.1) is 0 Å². The normalized spacial score (nSPS) is 11.0. The molecule has 8 nitrogen and oxygen atoms in total. The van der Waals surface area contributed by atoms with Crippen LogP contribution in [0.5, 0.6) is 11.5 Å². The number of methoxy groups -OCH3 is 2. The third-order valence-corrected chi connectivity index (χ3v) is 4.44. The predicted molar refractivity (Wildman–Crippen MR) is 112 cm³/mol. The molecule has 0 saturated heterocycles. The predicted octanol–water partition coefficient (Wildman–Crippen LogP) is 3.72. The molecule has 0 saturated carbocycles. The van der Waals surface area contributed by atoms with Crippen LogP contribution in [-0.4, -0.2) is 42.6 Å². The van der Waals surface area contributed by atoms with Gasteiger partial charge in [-0.1, -0.05) is 23.7 Å². The topological polar surface area (TPSA) is 87.0 Å². The lowest BCUT2D eigenvalue weighted by molar-refractivity contribution is -0.142. The number of benzene rings is 2. The number of hydrogen-bond acceptors (Lipinski definition) is 7. The second kappa shape index (κ2) is 9.29. The van der Waals surface area contributed by atoms with Gasteiger partial charge in [0, 0.05) is 6.54 Å². The van der Waals surface area contributed by atoms with E-state index in [9.17, 15) is 4.79 Å². The summed E-state index contributed by atoms with van der Waals surface area (Å²) in [6, 6.07) is 11.2. The number of carbonyl (C=O) groups is 1. The molecule has 0 bridgehead atoms. The van der Waals surface area contributed by atoms with Crippen LogP contribution in [0, 0.1) is 0 Å². The molecule has 3 aromatic rings. The SMILES string of the molecule is CCn1c(N/N=C\c2cc(Cl)c(OCC(=O)OC)c(OC)c2)nc2ccccc21. The van der Waals surface area contributed by atoms with Gasteiger partial charge in [-0.3, -0.25) is 0 Å². The summed E-state index contributed by atoms with van der Waals surface area (Å²) < 4.78 is 17.3. The molecule has 0 aliphatic carbocycles. The molecular formula is C20H21ClN4O4. The Balaban J connectivity index is 1.79. The zero-order valence-corrected chi connectivity index (χ0v) is 17.1. The molecule has 1 aromatic heterocycles. The number of halogens is 1. The number of carbonyl (C=O) groups excluding carboxylic acids is 1. The fraction of sp³-hybridized carbons (Fsp3) is 0.250. The molecule has 0 radical (unpaired) electrons. The summed E-state index contributed by atoms with van der Waals surface area (Å²) >= 11 is 6.28. The van der Waals surface area contributed by atoms with E-state index in [1.165, 1.54) is 14.2 Å². The molecule has 0 atom stereocenters. The Morgan fingerprint density at radius 2 is 2.10 bits per heavy atom. The van der Waals surface area contributed by atoms with Gasteiger partial charge >= 0.3 is 5.97 Å². The highest BCUT2D eigenvalue weighted by atomic mass is 35.5. The van der Waals surface area contributed by atoms with Crippen molar-refractivity contribution in [3.05, 3.63) is 47.0 Å². The number of ether oxygens (including phenoxy) is 3. The second-order valence-corrected chi connectivity index (χ2v) is 6.34. The minimum Gasteiger partial charge on any atom is -0.493 e. The molecule has 152 valence electrons. The number of esters is 1. The number of aryl methyl sites for hydroxylation is 1. The van der Waals surface area contributed by atoms with Crippen molar-refractivity contribution in [2.24, 2.45) is 5.10 Å². The number of fused-ring (bicyclic) bond motifs is 1. The van der Waals surface area contributed by atoms with Gasteiger partial charge in [0.05, 0.1) is 36.5 Å². The summed E-state index contributed by atoms with van der Waals surface area (Å²) in [5.41, 5.74) is 5.57. The molecule has 1 heterocycles. The van der Waals surface area contributed by atoms with Crippen LogP contribution < -0.4 is 14.9 Å². The number of imidazole rings is 1. The highest BCUT2D eigenvalue weighted by molar-refractivity contribution is 6.32. The van der Waals surface area contributed by atoms with Crippen molar-refractivity contribution >= 4 is 40.8 Å². The van der Waals surface area contributed by atoms with Gasteiger partial charge < -0.3 is 18.8 Å². The van der Waals surface area contributed by atoms with E-state index in [0.29, 0.717) is 17.3 Å². The van der Waals surface area contributed by atoms with E-state index in [4.69, 9.17) is 21.1 Å². The van der Waals surface area contributed by atoms with Crippen LogP contribution in [0.2, 0.25) is 5.02 Å². The summed E-state index contributed by atoms with van der Waals surface area (Å²) in [7, 11) is 2.77. The number of rotatable bonds is 8. The van der Waals surface area contributed by atoms with Gasteiger partial charge in [-0.25, -0.2) is 15.2 Å². The first kappa shape index (κ1) is 20.5. The summed E-state index contributed by atoms with van der Waals surface area (Å²) in [4.78, 5) is 15.8. The van der Waals surface area contributed by atoms with Crippen molar-refractivity contribution < 1.29 is 19.0 Å². The first-order chi connectivity index (χ1) is 14.1. The number of hydrazone groups is 1. The summed E-state index contributed by atoms with van der Waals surface area (Å²) in [6.07, 6.45) is 1.60. The maximum Gasteiger partial charge on any atom is 0.343 e. The van der Waals surface area contributed by atoms with Crippen molar-refractivity contribution in [2.75, 3.05) is 26.3 Å². The highest BCUT2D eigenvalue weighted by Gasteiger charge is 2.14. The van der Waals surface area contributed by atoms with E-state index in [-0.39, 0.29) is 17.4 Å². The van der Waals surface area contributed by atoms with E-state index in [1.807, 2.05) is 35.8 Å². The third kappa shape index (κ3) is 4.60. The molecular weight excluding hydrogens is 396 g/mol. The van der Waals surface area contributed by atoms with Gasteiger partial charge in [0.25, 0.3) is 0 Å². The number of hydrogen-bond donors (Lipinski definition) is 1. The molecule has 9 heteroatoms. The minimum atomic E-state index is -0.517. The van der Waals surface area contributed by atoms with Crippen LogP contribution in [0.15, 0.2) is 41.5 Å². The van der Waals surface area contributed by atoms with Crippen molar-refractivity contribution in [1.29, 1.82) is 0 Å². The van der Waals surface area contributed by atoms with Gasteiger partial charge in [-0.2, -0.15) is 5.10 Å². The minimum absolute atomic E-state index is 0.262. The maximum absolute atomic E-state index is 11.3. The molecule has 1 N–H and O–H groups in total. The first-order valence-corrected chi connectivity index (χ1v) is 9.26. The fourth-order valence-corrected chi connectivity index (χ4v) is 3.06. The second-order valence-electron chi connectivity index (χ2n) is 5.94. The average Bonchev–Trinajstić information content (AvgIpc) is 3.09. The molecule has 29 heavy (non-hydrogen) atoms. The average molecular weight is 417 g/mol. The van der Waals surface area contributed by atoms with Crippen LogP contribution in [0.1, 0.15) is 12.5 Å². The quantitative estimate of drug-likeness (QED) is 0.342. The lowest BCUT2D eigenvalue weighted by Crippen LogP contribution is -2.13. The highest BCUT2D eigenvalue weighted by Crippen LogP contribution is 2.36. The van der Waals surface area contributed by atoms with Crippen LogP contribution >= 0.6 is 11.6 Å².